The number of halogens is 1. The van der Waals surface area contributed by atoms with E-state index in [1.165, 1.54) is 25.3 Å². The van der Waals surface area contributed by atoms with Gasteiger partial charge in [0.25, 0.3) is 10.0 Å². The van der Waals surface area contributed by atoms with Crippen LogP contribution >= 0.6 is 11.6 Å². The maximum Gasteiger partial charge on any atom is 0.263 e. The van der Waals surface area contributed by atoms with E-state index in [9.17, 15) is 13.2 Å². The van der Waals surface area contributed by atoms with Gasteiger partial charge in [0, 0.05) is 24.5 Å². The number of carbonyl (C=O) groups is 1. The monoisotopic (exact) mass is 325 g/mol. The summed E-state index contributed by atoms with van der Waals surface area (Å²) in [5.74, 6) is -0.199. The number of benzene rings is 1. The summed E-state index contributed by atoms with van der Waals surface area (Å²) in [6.07, 6.45) is 1.18. The predicted octanol–water partition coefficient (Wildman–Crippen LogP) is 2.49. The second-order valence-corrected chi connectivity index (χ2v) is 6.25. The lowest BCUT2D eigenvalue weighted by Crippen LogP contribution is -2.13. The quantitative estimate of drug-likeness (QED) is 0.845. The van der Waals surface area contributed by atoms with Gasteiger partial charge in [-0.15, -0.1) is 0 Å². The average Bonchev–Trinajstić information content (AvgIpc) is 2.40. The van der Waals surface area contributed by atoms with Crippen molar-refractivity contribution in [3.05, 3.63) is 47.7 Å². The summed E-state index contributed by atoms with van der Waals surface area (Å²) in [6, 6.07) is 9.05. The number of anilines is 2. The SMILES string of the molecule is CC(=O)Nc1ccc(NS(=O)(=O)c2ccc(Cl)nc2)cc1. The predicted molar refractivity (Wildman–Crippen MR) is 80.8 cm³/mol. The van der Waals surface area contributed by atoms with E-state index in [-0.39, 0.29) is 16.0 Å². The molecule has 0 saturated carbocycles. The molecule has 0 saturated heterocycles. The first-order chi connectivity index (χ1) is 9.87. The topological polar surface area (TPSA) is 88.2 Å². The van der Waals surface area contributed by atoms with Crippen molar-refractivity contribution >= 4 is 38.9 Å². The van der Waals surface area contributed by atoms with E-state index in [2.05, 4.69) is 15.0 Å². The summed E-state index contributed by atoms with van der Waals surface area (Å²) in [5, 5.41) is 2.81. The van der Waals surface area contributed by atoms with Gasteiger partial charge in [-0.05, 0) is 36.4 Å². The maximum absolute atomic E-state index is 12.1. The third-order valence-corrected chi connectivity index (χ3v) is 4.06. The first kappa shape index (κ1) is 15.3. The first-order valence-corrected chi connectivity index (χ1v) is 7.75. The van der Waals surface area contributed by atoms with Crippen molar-refractivity contribution in [3.63, 3.8) is 0 Å². The number of aromatic nitrogens is 1. The normalized spacial score (nSPS) is 11.0. The van der Waals surface area contributed by atoms with Crippen LogP contribution in [0.5, 0.6) is 0 Å². The lowest BCUT2D eigenvalue weighted by molar-refractivity contribution is -0.114. The fourth-order valence-corrected chi connectivity index (χ4v) is 2.67. The molecule has 0 bridgehead atoms. The van der Waals surface area contributed by atoms with Gasteiger partial charge in [-0.25, -0.2) is 13.4 Å². The number of hydrogen-bond donors (Lipinski definition) is 2. The highest BCUT2D eigenvalue weighted by Crippen LogP contribution is 2.18. The number of rotatable bonds is 4. The first-order valence-electron chi connectivity index (χ1n) is 5.89. The molecule has 1 amide bonds. The lowest BCUT2D eigenvalue weighted by Gasteiger charge is -2.09. The minimum atomic E-state index is -3.72. The van der Waals surface area contributed by atoms with E-state index >= 15 is 0 Å². The van der Waals surface area contributed by atoms with Gasteiger partial charge in [-0.2, -0.15) is 0 Å². The van der Waals surface area contributed by atoms with Gasteiger partial charge in [0.05, 0.1) is 0 Å². The largest absolute Gasteiger partial charge is 0.326 e. The number of carbonyl (C=O) groups excluding carboxylic acids is 1. The van der Waals surface area contributed by atoms with Gasteiger partial charge < -0.3 is 5.32 Å². The van der Waals surface area contributed by atoms with Crippen molar-refractivity contribution in [2.24, 2.45) is 0 Å². The van der Waals surface area contributed by atoms with E-state index in [1.807, 2.05) is 0 Å². The van der Waals surface area contributed by atoms with Crippen LogP contribution in [-0.2, 0) is 14.8 Å². The summed E-state index contributed by atoms with van der Waals surface area (Å²) in [4.78, 5) is 14.6. The summed E-state index contributed by atoms with van der Waals surface area (Å²) in [5.41, 5.74) is 0.956. The molecule has 1 aromatic heterocycles. The Hall–Kier alpha value is -2.12. The molecule has 1 aromatic carbocycles. The molecule has 2 N–H and O–H groups in total. The molecule has 0 aliphatic carbocycles. The molecule has 0 fully saturated rings. The van der Waals surface area contributed by atoms with Crippen LogP contribution in [0.2, 0.25) is 5.15 Å². The molecule has 0 spiro atoms. The van der Waals surface area contributed by atoms with E-state index < -0.39 is 10.0 Å². The highest BCUT2D eigenvalue weighted by Gasteiger charge is 2.14. The minimum absolute atomic E-state index is 0.0119. The van der Waals surface area contributed by atoms with Crippen molar-refractivity contribution < 1.29 is 13.2 Å². The number of sulfonamides is 1. The third kappa shape index (κ3) is 4.17. The number of amides is 1. The van der Waals surface area contributed by atoms with Crippen LogP contribution in [0.1, 0.15) is 6.92 Å². The van der Waals surface area contributed by atoms with E-state index in [4.69, 9.17) is 11.6 Å². The molecule has 0 unspecified atom stereocenters. The van der Waals surface area contributed by atoms with Crippen molar-refractivity contribution in [1.82, 2.24) is 4.98 Å². The molecule has 0 aliphatic heterocycles. The van der Waals surface area contributed by atoms with Crippen molar-refractivity contribution in [1.29, 1.82) is 0 Å². The number of hydrogen-bond acceptors (Lipinski definition) is 4. The molecule has 8 heteroatoms. The van der Waals surface area contributed by atoms with Crippen LogP contribution in [0, 0.1) is 0 Å². The average molecular weight is 326 g/mol. The van der Waals surface area contributed by atoms with Crippen LogP contribution in [0.25, 0.3) is 0 Å². The Kier molecular flexibility index (Phi) is 4.44. The molecule has 2 rings (SSSR count). The van der Waals surface area contributed by atoms with Crippen LogP contribution in [0.4, 0.5) is 11.4 Å². The van der Waals surface area contributed by atoms with Crippen LogP contribution in [-0.4, -0.2) is 19.3 Å². The molecular formula is C13H12ClN3O3S. The van der Waals surface area contributed by atoms with Crippen molar-refractivity contribution in [2.45, 2.75) is 11.8 Å². The van der Waals surface area contributed by atoms with Gasteiger partial charge in [0.2, 0.25) is 5.91 Å². The molecular weight excluding hydrogens is 314 g/mol. The van der Waals surface area contributed by atoms with Gasteiger partial charge in [-0.3, -0.25) is 9.52 Å². The van der Waals surface area contributed by atoms with E-state index in [1.54, 1.807) is 24.3 Å². The van der Waals surface area contributed by atoms with Gasteiger partial charge >= 0.3 is 0 Å². The second-order valence-electron chi connectivity index (χ2n) is 4.18. The summed E-state index contributed by atoms with van der Waals surface area (Å²) in [6.45, 7) is 1.39. The van der Waals surface area contributed by atoms with Gasteiger partial charge in [0.1, 0.15) is 10.0 Å². The molecule has 0 aliphatic rings. The van der Waals surface area contributed by atoms with Crippen LogP contribution in [0.15, 0.2) is 47.5 Å². The molecule has 0 atom stereocenters. The molecule has 1 heterocycles. The Labute approximate surface area is 127 Å². The molecule has 0 radical (unpaired) electrons. The second kappa shape index (κ2) is 6.11. The molecule has 21 heavy (non-hydrogen) atoms. The van der Waals surface area contributed by atoms with E-state index in [0.717, 1.165) is 0 Å². The lowest BCUT2D eigenvalue weighted by atomic mass is 10.3. The zero-order valence-electron chi connectivity index (χ0n) is 11.0. The standard InChI is InChI=1S/C13H12ClN3O3S/c1-9(18)16-10-2-4-11(5-3-10)17-21(19,20)12-6-7-13(14)15-8-12/h2-8,17H,1H3,(H,16,18). The summed E-state index contributed by atoms with van der Waals surface area (Å²) in [7, 11) is -3.72. The zero-order chi connectivity index (χ0) is 15.5. The Morgan fingerprint density at radius 3 is 2.24 bits per heavy atom. The van der Waals surface area contributed by atoms with Crippen molar-refractivity contribution in [3.8, 4) is 0 Å². The molecule has 2 aromatic rings. The minimum Gasteiger partial charge on any atom is -0.326 e. The number of nitrogens with zero attached hydrogens (tertiary/aromatic N) is 1. The summed E-state index contributed by atoms with van der Waals surface area (Å²) >= 11 is 5.62. The fourth-order valence-electron chi connectivity index (χ4n) is 1.56. The van der Waals surface area contributed by atoms with Crippen molar-refractivity contribution in [2.75, 3.05) is 10.0 Å². The van der Waals surface area contributed by atoms with Crippen LogP contribution in [0.3, 0.4) is 0 Å². The van der Waals surface area contributed by atoms with Gasteiger partial charge in [-0.1, -0.05) is 11.6 Å². The Morgan fingerprint density at radius 1 is 1.10 bits per heavy atom. The number of pyridine rings is 1. The smallest absolute Gasteiger partial charge is 0.263 e. The fraction of sp³-hybridized carbons (Fsp3) is 0.0769. The Balaban J connectivity index is 2.16. The summed E-state index contributed by atoms with van der Waals surface area (Å²) < 4.78 is 26.6. The highest BCUT2D eigenvalue weighted by atomic mass is 35.5. The Morgan fingerprint density at radius 2 is 1.71 bits per heavy atom. The molecule has 6 nitrogen and oxygen atoms in total. The zero-order valence-corrected chi connectivity index (χ0v) is 12.6. The maximum atomic E-state index is 12.1. The third-order valence-electron chi connectivity index (χ3n) is 2.47. The molecule has 110 valence electrons. The highest BCUT2D eigenvalue weighted by molar-refractivity contribution is 7.92. The van der Waals surface area contributed by atoms with E-state index in [0.29, 0.717) is 11.4 Å². The number of nitrogens with one attached hydrogen (secondary N) is 2. The Bertz CT molecular complexity index is 743. The van der Waals surface area contributed by atoms with Gasteiger partial charge in [0.15, 0.2) is 0 Å². The van der Waals surface area contributed by atoms with Crippen LogP contribution < -0.4 is 10.0 Å².